The van der Waals surface area contributed by atoms with E-state index in [2.05, 4.69) is 5.32 Å². The molecule has 3 rings (SSSR count). The number of nitrogens with zero attached hydrogens (tertiary/aromatic N) is 1. The summed E-state index contributed by atoms with van der Waals surface area (Å²) in [6, 6.07) is 14.1. The van der Waals surface area contributed by atoms with Crippen LogP contribution in [0.4, 0.5) is 10.1 Å². The van der Waals surface area contributed by atoms with E-state index in [-0.39, 0.29) is 12.5 Å². The summed E-state index contributed by atoms with van der Waals surface area (Å²) in [5.41, 5.74) is -0.218. The van der Waals surface area contributed by atoms with Gasteiger partial charge in [0.1, 0.15) is 17.2 Å². The molecule has 0 aliphatic carbocycles. The van der Waals surface area contributed by atoms with Crippen molar-refractivity contribution in [3.63, 3.8) is 0 Å². The van der Waals surface area contributed by atoms with Crippen molar-refractivity contribution in [3.05, 3.63) is 66.0 Å². The standard InChI is InChI=1S/C21H21FN2O4/c1-21(20(27)28,14-5-3-2-4-6-14)13-23-18(25)17-11-12-24(19(17)26)16-9-7-15(22)8-10-16/h2-10,17H,11-13H2,1H3,(H,23,25)(H,27,28). The molecular formula is C21H21FN2O4. The Morgan fingerprint density at radius 1 is 1.18 bits per heavy atom. The number of nitrogens with one attached hydrogen (secondary N) is 1. The summed E-state index contributed by atoms with van der Waals surface area (Å²) in [7, 11) is 0. The third-order valence-corrected chi connectivity index (χ3v) is 5.16. The zero-order valence-electron chi connectivity index (χ0n) is 15.4. The van der Waals surface area contributed by atoms with Crippen LogP contribution in [0.5, 0.6) is 0 Å². The largest absolute Gasteiger partial charge is 0.481 e. The molecule has 2 unspecified atom stereocenters. The second-order valence-electron chi connectivity index (χ2n) is 7.03. The average molecular weight is 384 g/mol. The number of amides is 2. The molecule has 2 N–H and O–H groups in total. The first kappa shape index (κ1) is 19.5. The molecule has 2 aromatic rings. The summed E-state index contributed by atoms with van der Waals surface area (Å²) >= 11 is 0. The predicted molar refractivity (Wildman–Crippen MR) is 101 cm³/mol. The van der Waals surface area contributed by atoms with E-state index in [1.54, 1.807) is 30.3 Å². The highest BCUT2D eigenvalue weighted by atomic mass is 19.1. The van der Waals surface area contributed by atoms with Crippen molar-refractivity contribution in [2.45, 2.75) is 18.8 Å². The number of benzene rings is 2. The Labute approximate surface area is 162 Å². The molecule has 0 saturated carbocycles. The fraction of sp³-hybridized carbons (Fsp3) is 0.286. The molecule has 2 amide bonds. The molecule has 7 heteroatoms. The van der Waals surface area contributed by atoms with Crippen LogP contribution in [0.3, 0.4) is 0 Å². The van der Waals surface area contributed by atoms with Crippen LogP contribution >= 0.6 is 0 Å². The van der Waals surface area contributed by atoms with Crippen molar-refractivity contribution < 1.29 is 23.9 Å². The van der Waals surface area contributed by atoms with Gasteiger partial charge in [-0.2, -0.15) is 0 Å². The number of halogens is 1. The van der Waals surface area contributed by atoms with Crippen molar-refractivity contribution in [1.82, 2.24) is 5.32 Å². The van der Waals surface area contributed by atoms with Crippen LogP contribution in [0.15, 0.2) is 54.6 Å². The van der Waals surface area contributed by atoms with Gasteiger partial charge in [0.2, 0.25) is 11.8 Å². The summed E-state index contributed by atoms with van der Waals surface area (Å²) in [5.74, 6) is -3.24. The van der Waals surface area contributed by atoms with E-state index in [4.69, 9.17) is 0 Å². The molecule has 28 heavy (non-hydrogen) atoms. The van der Waals surface area contributed by atoms with Gasteiger partial charge in [0.25, 0.3) is 0 Å². The van der Waals surface area contributed by atoms with E-state index in [1.165, 1.54) is 36.1 Å². The lowest BCUT2D eigenvalue weighted by atomic mass is 9.82. The SMILES string of the molecule is CC(CNC(=O)C1CCN(c2ccc(F)cc2)C1=O)(C(=O)O)c1ccccc1. The van der Waals surface area contributed by atoms with E-state index < -0.39 is 29.0 Å². The van der Waals surface area contributed by atoms with Crippen LogP contribution in [-0.4, -0.2) is 36.0 Å². The molecule has 0 spiro atoms. The molecule has 0 radical (unpaired) electrons. The highest BCUT2D eigenvalue weighted by Gasteiger charge is 2.40. The lowest BCUT2D eigenvalue weighted by molar-refractivity contribution is -0.143. The maximum Gasteiger partial charge on any atom is 0.315 e. The van der Waals surface area contributed by atoms with Gasteiger partial charge in [0.05, 0.1) is 0 Å². The van der Waals surface area contributed by atoms with Crippen LogP contribution in [0.1, 0.15) is 18.9 Å². The van der Waals surface area contributed by atoms with Gasteiger partial charge in [-0.15, -0.1) is 0 Å². The lowest BCUT2D eigenvalue weighted by Crippen LogP contribution is -2.47. The van der Waals surface area contributed by atoms with Crippen LogP contribution in [0.25, 0.3) is 0 Å². The minimum absolute atomic E-state index is 0.133. The summed E-state index contributed by atoms with van der Waals surface area (Å²) in [4.78, 5) is 38.5. The maximum atomic E-state index is 13.1. The number of aliphatic carboxylic acids is 1. The van der Waals surface area contributed by atoms with Crippen LogP contribution in [-0.2, 0) is 19.8 Å². The van der Waals surface area contributed by atoms with E-state index in [9.17, 15) is 23.9 Å². The monoisotopic (exact) mass is 384 g/mol. The number of carbonyl (C=O) groups is 3. The van der Waals surface area contributed by atoms with Gasteiger partial charge < -0.3 is 15.3 Å². The second-order valence-corrected chi connectivity index (χ2v) is 7.03. The maximum absolute atomic E-state index is 13.1. The number of hydrogen-bond acceptors (Lipinski definition) is 3. The Morgan fingerprint density at radius 2 is 1.82 bits per heavy atom. The first-order valence-corrected chi connectivity index (χ1v) is 8.96. The molecule has 2 atom stereocenters. The second kappa shape index (κ2) is 7.80. The predicted octanol–water partition coefficient (Wildman–Crippen LogP) is 2.34. The van der Waals surface area contributed by atoms with E-state index in [1.807, 2.05) is 0 Å². The first-order chi connectivity index (χ1) is 13.3. The van der Waals surface area contributed by atoms with Crippen molar-refractivity contribution >= 4 is 23.5 Å². The van der Waals surface area contributed by atoms with Crippen molar-refractivity contribution in [1.29, 1.82) is 0 Å². The number of carboxylic acid groups (broad SMARTS) is 1. The van der Waals surface area contributed by atoms with Gasteiger partial charge in [-0.25, -0.2) is 4.39 Å². The quantitative estimate of drug-likeness (QED) is 0.749. The Kier molecular flexibility index (Phi) is 5.44. The number of rotatable bonds is 6. The van der Waals surface area contributed by atoms with E-state index in [0.717, 1.165) is 0 Å². The van der Waals surface area contributed by atoms with Crippen LogP contribution < -0.4 is 10.2 Å². The Hall–Kier alpha value is -3.22. The van der Waals surface area contributed by atoms with Gasteiger partial charge in [-0.05, 0) is 43.2 Å². The molecule has 146 valence electrons. The summed E-state index contributed by atoms with van der Waals surface area (Å²) in [5, 5.41) is 12.3. The van der Waals surface area contributed by atoms with Gasteiger partial charge >= 0.3 is 5.97 Å². The topological polar surface area (TPSA) is 86.7 Å². The minimum Gasteiger partial charge on any atom is -0.481 e. The Balaban J connectivity index is 1.68. The third-order valence-electron chi connectivity index (χ3n) is 5.16. The molecule has 0 bridgehead atoms. The molecule has 1 fully saturated rings. The van der Waals surface area contributed by atoms with Gasteiger partial charge in [0, 0.05) is 18.8 Å². The molecular weight excluding hydrogens is 363 g/mol. The van der Waals surface area contributed by atoms with E-state index in [0.29, 0.717) is 24.2 Å². The zero-order chi connectivity index (χ0) is 20.3. The van der Waals surface area contributed by atoms with Gasteiger partial charge in [-0.1, -0.05) is 30.3 Å². The fourth-order valence-corrected chi connectivity index (χ4v) is 3.29. The number of hydrogen-bond donors (Lipinski definition) is 2. The van der Waals surface area contributed by atoms with Crippen molar-refractivity contribution in [3.8, 4) is 0 Å². The normalized spacial score (nSPS) is 18.6. The summed E-state index contributed by atoms with van der Waals surface area (Å²) in [6.45, 7) is 1.75. The van der Waals surface area contributed by atoms with Crippen LogP contribution in [0, 0.1) is 11.7 Å². The molecule has 1 aliphatic rings. The molecule has 2 aromatic carbocycles. The number of carbonyl (C=O) groups excluding carboxylic acids is 2. The third kappa shape index (κ3) is 3.74. The average Bonchev–Trinajstić information content (AvgIpc) is 3.08. The van der Waals surface area contributed by atoms with Crippen molar-refractivity contribution in [2.75, 3.05) is 18.0 Å². The van der Waals surface area contributed by atoms with Gasteiger partial charge in [0.15, 0.2) is 0 Å². The number of anilines is 1. The number of carboxylic acids is 1. The highest BCUT2D eigenvalue weighted by Crippen LogP contribution is 2.27. The zero-order valence-corrected chi connectivity index (χ0v) is 15.4. The van der Waals surface area contributed by atoms with E-state index >= 15 is 0 Å². The van der Waals surface area contributed by atoms with Gasteiger partial charge in [-0.3, -0.25) is 14.4 Å². The minimum atomic E-state index is -1.31. The molecule has 1 aliphatic heterocycles. The lowest BCUT2D eigenvalue weighted by Gasteiger charge is -2.26. The van der Waals surface area contributed by atoms with Crippen LogP contribution in [0.2, 0.25) is 0 Å². The first-order valence-electron chi connectivity index (χ1n) is 8.96. The summed E-state index contributed by atoms with van der Waals surface area (Å²) in [6.07, 6.45) is 0.317. The summed E-state index contributed by atoms with van der Waals surface area (Å²) < 4.78 is 13.1. The molecule has 6 nitrogen and oxygen atoms in total. The molecule has 0 aromatic heterocycles. The fourth-order valence-electron chi connectivity index (χ4n) is 3.29. The Bertz CT molecular complexity index is 885. The molecule has 1 heterocycles. The smallest absolute Gasteiger partial charge is 0.315 e. The molecule has 1 saturated heterocycles. The Morgan fingerprint density at radius 3 is 2.43 bits per heavy atom. The highest BCUT2D eigenvalue weighted by molar-refractivity contribution is 6.09. The van der Waals surface area contributed by atoms with Crippen molar-refractivity contribution in [2.24, 2.45) is 5.92 Å².